The summed E-state index contributed by atoms with van der Waals surface area (Å²) in [6.45, 7) is 0. The summed E-state index contributed by atoms with van der Waals surface area (Å²) in [7, 11) is 0. The highest BCUT2D eigenvalue weighted by molar-refractivity contribution is 6.29. The van der Waals surface area contributed by atoms with Crippen molar-refractivity contribution in [2.45, 2.75) is 31.1 Å². The van der Waals surface area contributed by atoms with Gasteiger partial charge in [-0.2, -0.15) is 0 Å². The summed E-state index contributed by atoms with van der Waals surface area (Å²) in [6.07, 6.45) is 5.22. The SMILES string of the molecule is ClC1C(c2ccccc2)=C(c2ccccc2)C2CCCCC12. The molecule has 112 valence electrons. The molecule has 0 heterocycles. The Labute approximate surface area is 137 Å². The Bertz CT molecular complexity index is 672. The van der Waals surface area contributed by atoms with Crippen LogP contribution < -0.4 is 0 Å². The molecule has 0 N–H and O–H groups in total. The fourth-order valence-electron chi connectivity index (χ4n) is 4.35. The summed E-state index contributed by atoms with van der Waals surface area (Å²) >= 11 is 6.97. The van der Waals surface area contributed by atoms with Gasteiger partial charge >= 0.3 is 0 Å². The van der Waals surface area contributed by atoms with E-state index in [1.807, 2.05) is 0 Å². The van der Waals surface area contributed by atoms with Crippen molar-refractivity contribution in [3.63, 3.8) is 0 Å². The van der Waals surface area contributed by atoms with E-state index in [1.165, 1.54) is 48.0 Å². The Kier molecular flexibility index (Phi) is 3.80. The van der Waals surface area contributed by atoms with E-state index in [1.54, 1.807) is 0 Å². The molecule has 3 unspecified atom stereocenters. The molecule has 0 bridgehead atoms. The van der Waals surface area contributed by atoms with E-state index >= 15 is 0 Å². The van der Waals surface area contributed by atoms with Gasteiger partial charge in [0.15, 0.2) is 0 Å². The molecule has 4 rings (SSSR count). The highest BCUT2D eigenvalue weighted by atomic mass is 35.5. The van der Waals surface area contributed by atoms with Gasteiger partial charge < -0.3 is 0 Å². The van der Waals surface area contributed by atoms with E-state index in [0.29, 0.717) is 11.8 Å². The van der Waals surface area contributed by atoms with Crippen molar-refractivity contribution in [2.24, 2.45) is 11.8 Å². The fraction of sp³-hybridized carbons (Fsp3) is 0.333. The first kappa shape index (κ1) is 14.1. The van der Waals surface area contributed by atoms with Crippen molar-refractivity contribution in [1.29, 1.82) is 0 Å². The third-order valence-corrected chi connectivity index (χ3v) is 5.84. The maximum atomic E-state index is 6.97. The molecule has 0 spiro atoms. The second kappa shape index (κ2) is 5.93. The molecule has 2 aromatic carbocycles. The van der Waals surface area contributed by atoms with Crippen LogP contribution in [0.4, 0.5) is 0 Å². The molecule has 1 saturated carbocycles. The second-order valence-corrected chi connectivity index (χ2v) is 6.99. The number of benzene rings is 2. The third-order valence-electron chi connectivity index (χ3n) is 5.30. The number of allylic oxidation sites excluding steroid dienone is 2. The Hall–Kier alpha value is -1.53. The normalized spacial score (nSPS) is 27.8. The van der Waals surface area contributed by atoms with Crippen LogP contribution in [0, 0.1) is 11.8 Å². The van der Waals surface area contributed by atoms with Crippen molar-refractivity contribution in [3.05, 3.63) is 71.8 Å². The lowest BCUT2D eigenvalue weighted by molar-refractivity contribution is 0.315. The lowest BCUT2D eigenvalue weighted by Gasteiger charge is -2.29. The molecule has 0 aromatic heterocycles. The largest absolute Gasteiger partial charge is 0.117 e. The highest BCUT2D eigenvalue weighted by Gasteiger charge is 2.43. The predicted octanol–water partition coefficient (Wildman–Crippen LogP) is 6.02. The first-order chi connectivity index (χ1) is 10.9. The molecule has 2 aromatic rings. The molecule has 0 saturated heterocycles. The number of hydrogen-bond donors (Lipinski definition) is 0. The van der Waals surface area contributed by atoms with Crippen LogP contribution in [0.2, 0.25) is 0 Å². The van der Waals surface area contributed by atoms with Gasteiger partial charge in [0.25, 0.3) is 0 Å². The summed E-state index contributed by atoms with van der Waals surface area (Å²) in [5, 5.41) is 0.155. The lowest BCUT2D eigenvalue weighted by Crippen LogP contribution is -2.22. The molecule has 0 amide bonds. The molecule has 0 aliphatic heterocycles. The van der Waals surface area contributed by atoms with E-state index in [-0.39, 0.29) is 5.38 Å². The second-order valence-electron chi connectivity index (χ2n) is 6.52. The first-order valence-electron chi connectivity index (χ1n) is 8.35. The van der Waals surface area contributed by atoms with Gasteiger partial charge in [0.2, 0.25) is 0 Å². The maximum Gasteiger partial charge on any atom is 0.0628 e. The minimum atomic E-state index is 0.155. The van der Waals surface area contributed by atoms with E-state index in [4.69, 9.17) is 11.6 Å². The average molecular weight is 309 g/mol. The summed E-state index contributed by atoms with van der Waals surface area (Å²) in [4.78, 5) is 0. The van der Waals surface area contributed by atoms with E-state index in [2.05, 4.69) is 60.7 Å². The zero-order chi connectivity index (χ0) is 14.9. The molecule has 2 aliphatic carbocycles. The van der Waals surface area contributed by atoms with Gasteiger partial charge in [0.05, 0.1) is 5.38 Å². The zero-order valence-electron chi connectivity index (χ0n) is 12.7. The standard InChI is InChI=1S/C21H21Cl/c22-21-18-14-8-7-13-17(18)19(15-9-3-1-4-10-15)20(21)16-11-5-2-6-12-16/h1-6,9-12,17-18,21H,7-8,13-14H2. The van der Waals surface area contributed by atoms with Crippen LogP contribution in [0.5, 0.6) is 0 Å². The van der Waals surface area contributed by atoms with Gasteiger partial charge in [-0.25, -0.2) is 0 Å². The van der Waals surface area contributed by atoms with E-state index in [0.717, 1.165) is 0 Å². The number of halogens is 1. The van der Waals surface area contributed by atoms with Gasteiger partial charge in [0, 0.05) is 0 Å². The molecule has 0 radical (unpaired) electrons. The Balaban J connectivity index is 1.90. The van der Waals surface area contributed by atoms with Crippen molar-refractivity contribution in [2.75, 3.05) is 0 Å². The molecular weight excluding hydrogens is 288 g/mol. The predicted molar refractivity (Wildman–Crippen MR) is 94.8 cm³/mol. The molecule has 0 nitrogen and oxygen atoms in total. The van der Waals surface area contributed by atoms with E-state index < -0.39 is 0 Å². The van der Waals surface area contributed by atoms with Crippen LogP contribution in [0.15, 0.2) is 60.7 Å². The van der Waals surface area contributed by atoms with Gasteiger partial charge in [0.1, 0.15) is 0 Å². The summed E-state index contributed by atoms with van der Waals surface area (Å²) in [5.74, 6) is 1.25. The van der Waals surface area contributed by atoms with Gasteiger partial charge in [-0.15, -0.1) is 11.6 Å². The van der Waals surface area contributed by atoms with Crippen LogP contribution in [0.3, 0.4) is 0 Å². The quantitative estimate of drug-likeness (QED) is 0.595. The fourth-order valence-corrected chi connectivity index (χ4v) is 4.90. The van der Waals surface area contributed by atoms with Crippen LogP contribution >= 0.6 is 11.6 Å². The molecular formula is C21H21Cl. The third kappa shape index (κ3) is 2.30. The Morgan fingerprint density at radius 2 is 1.23 bits per heavy atom. The number of hydrogen-bond acceptors (Lipinski definition) is 0. The topological polar surface area (TPSA) is 0 Å². The molecule has 1 fully saturated rings. The molecule has 2 aliphatic rings. The summed E-state index contributed by atoms with van der Waals surface area (Å²) in [5.41, 5.74) is 5.55. The van der Waals surface area contributed by atoms with Crippen molar-refractivity contribution >= 4 is 22.7 Å². The van der Waals surface area contributed by atoms with E-state index in [9.17, 15) is 0 Å². The minimum Gasteiger partial charge on any atom is -0.117 e. The van der Waals surface area contributed by atoms with Gasteiger partial charge in [-0.05, 0) is 47.0 Å². The maximum absolute atomic E-state index is 6.97. The monoisotopic (exact) mass is 308 g/mol. The minimum absolute atomic E-state index is 0.155. The van der Waals surface area contributed by atoms with Crippen LogP contribution in [0.25, 0.3) is 11.1 Å². The van der Waals surface area contributed by atoms with Crippen LogP contribution in [-0.2, 0) is 0 Å². The lowest BCUT2D eigenvalue weighted by atomic mass is 9.77. The smallest absolute Gasteiger partial charge is 0.0628 e. The number of rotatable bonds is 2. The number of fused-ring (bicyclic) bond motifs is 1. The summed E-state index contributed by atoms with van der Waals surface area (Å²) < 4.78 is 0. The summed E-state index contributed by atoms with van der Waals surface area (Å²) in [6, 6.07) is 21.6. The molecule has 22 heavy (non-hydrogen) atoms. The Morgan fingerprint density at radius 3 is 1.86 bits per heavy atom. The number of alkyl halides is 1. The van der Waals surface area contributed by atoms with Crippen LogP contribution in [-0.4, -0.2) is 5.38 Å². The average Bonchev–Trinajstić information content (AvgIpc) is 2.90. The first-order valence-corrected chi connectivity index (χ1v) is 8.79. The van der Waals surface area contributed by atoms with Crippen molar-refractivity contribution in [1.82, 2.24) is 0 Å². The molecule has 3 atom stereocenters. The highest BCUT2D eigenvalue weighted by Crippen LogP contribution is 2.54. The van der Waals surface area contributed by atoms with Crippen molar-refractivity contribution in [3.8, 4) is 0 Å². The van der Waals surface area contributed by atoms with Crippen LogP contribution in [0.1, 0.15) is 36.8 Å². The Morgan fingerprint density at radius 1 is 0.682 bits per heavy atom. The zero-order valence-corrected chi connectivity index (χ0v) is 13.5. The van der Waals surface area contributed by atoms with Gasteiger partial charge in [-0.3, -0.25) is 0 Å². The van der Waals surface area contributed by atoms with Gasteiger partial charge in [-0.1, -0.05) is 73.5 Å². The molecule has 1 heteroatoms. The van der Waals surface area contributed by atoms with Crippen molar-refractivity contribution < 1.29 is 0 Å².